The molecular formula is C14H11IN2O4. The van der Waals surface area contributed by atoms with E-state index in [4.69, 9.17) is 9.84 Å². The Morgan fingerprint density at radius 2 is 2.14 bits per heavy atom. The molecule has 6 nitrogen and oxygen atoms in total. The van der Waals surface area contributed by atoms with Crippen molar-refractivity contribution in [1.29, 1.82) is 0 Å². The van der Waals surface area contributed by atoms with Crippen molar-refractivity contribution >= 4 is 28.6 Å². The van der Waals surface area contributed by atoms with E-state index in [1.54, 1.807) is 6.07 Å². The molecule has 1 fully saturated rings. The van der Waals surface area contributed by atoms with Crippen molar-refractivity contribution in [2.24, 2.45) is 0 Å². The molecule has 0 unspecified atom stereocenters. The number of ether oxygens (including phenoxy) is 1. The monoisotopic (exact) mass is 398 g/mol. The molecule has 0 radical (unpaired) electrons. The topological polar surface area (TPSA) is 92.3 Å². The molecule has 1 aliphatic rings. The molecule has 0 aliphatic heterocycles. The van der Waals surface area contributed by atoms with Crippen LogP contribution in [0.15, 0.2) is 29.1 Å². The number of carbonyl (C=O) groups is 1. The lowest BCUT2D eigenvalue weighted by molar-refractivity contribution is 0.0696. The van der Waals surface area contributed by atoms with Gasteiger partial charge in [0.25, 0.3) is 5.56 Å². The van der Waals surface area contributed by atoms with Crippen molar-refractivity contribution in [2.75, 3.05) is 0 Å². The number of halogens is 1. The van der Waals surface area contributed by atoms with E-state index in [0.717, 1.165) is 16.4 Å². The minimum absolute atomic E-state index is 0.123. The molecule has 7 heteroatoms. The Labute approximate surface area is 133 Å². The highest BCUT2D eigenvalue weighted by molar-refractivity contribution is 14.1. The summed E-state index contributed by atoms with van der Waals surface area (Å²) < 4.78 is 6.34. The molecular weight excluding hydrogens is 387 g/mol. The molecule has 0 spiro atoms. The van der Waals surface area contributed by atoms with Crippen molar-refractivity contribution in [3.8, 4) is 11.6 Å². The predicted octanol–water partition coefficient (Wildman–Crippen LogP) is 2.74. The molecule has 3 rings (SSSR count). The second kappa shape index (κ2) is 5.47. The molecule has 1 aliphatic carbocycles. The molecule has 1 heterocycles. The number of H-pyrrole nitrogens is 1. The van der Waals surface area contributed by atoms with Crippen LogP contribution in [0.5, 0.6) is 11.6 Å². The lowest BCUT2D eigenvalue weighted by atomic mass is 10.2. The zero-order valence-corrected chi connectivity index (χ0v) is 13.0. The third kappa shape index (κ3) is 3.23. The second-order valence-electron chi connectivity index (χ2n) is 4.80. The summed E-state index contributed by atoms with van der Waals surface area (Å²) in [7, 11) is 0. The minimum atomic E-state index is -1.03. The number of aromatic nitrogens is 2. The van der Waals surface area contributed by atoms with Gasteiger partial charge in [-0.2, -0.15) is 4.98 Å². The van der Waals surface area contributed by atoms with Gasteiger partial charge >= 0.3 is 5.97 Å². The first-order chi connectivity index (χ1) is 10.0. The van der Waals surface area contributed by atoms with Gasteiger partial charge in [-0.05, 0) is 53.6 Å². The van der Waals surface area contributed by atoms with Crippen LogP contribution in [0.25, 0.3) is 0 Å². The molecule has 0 atom stereocenters. The van der Waals surface area contributed by atoms with E-state index < -0.39 is 5.97 Å². The van der Waals surface area contributed by atoms with E-state index in [1.807, 2.05) is 22.6 Å². The number of nitrogens with one attached hydrogen (secondary N) is 1. The number of hydrogen-bond donors (Lipinski definition) is 2. The van der Waals surface area contributed by atoms with E-state index in [2.05, 4.69) is 9.97 Å². The summed E-state index contributed by atoms with van der Waals surface area (Å²) in [6.45, 7) is 0. The maximum absolute atomic E-state index is 11.6. The van der Waals surface area contributed by atoms with E-state index in [1.165, 1.54) is 18.2 Å². The van der Waals surface area contributed by atoms with Gasteiger partial charge in [0.15, 0.2) is 0 Å². The van der Waals surface area contributed by atoms with Gasteiger partial charge in [0, 0.05) is 5.92 Å². The number of carboxylic acids is 1. The first-order valence-corrected chi connectivity index (χ1v) is 7.43. The summed E-state index contributed by atoms with van der Waals surface area (Å²) in [5.41, 5.74) is -0.149. The Hall–Kier alpha value is -1.90. The highest BCUT2D eigenvalue weighted by Gasteiger charge is 2.26. The molecule has 108 valence electrons. The molecule has 2 aromatic rings. The zero-order chi connectivity index (χ0) is 15.0. The highest BCUT2D eigenvalue weighted by atomic mass is 127. The number of rotatable bonds is 4. The average Bonchev–Trinajstić information content (AvgIpc) is 3.24. The summed E-state index contributed by atoms with van der Waals surface area (Å²) in [5, 5.41) is 9.01. The first-order valence-electron chi connectivity index (χ1n) is 6.35. The van der Waals surface area contributed by atoms with Gasteiger partial charge in [-0.25, -0.2) is 4.79 Å². The molecule has 0 amide bonds. The van der Waals surface area contributed by atoms with Crippen molar-refractivity contribution in [2.45, 2.75) is 18.8 Å². The quantitative estimate of drug-likeness (QED) is 0.773. The maximum Gasteiger partial charge on any atom is 0.335 e. The number of hydrogen-bond acceptors (Lipinski definition) is 4. The van der Waals surface area contributed by atoms with Crippen LogP contribution in [0.3, 0.4) is 0 Å². The van der Waals surface area contributed by atoms with Gasteiger partial charge in [-0.15, -0.1) is 0 Å². The Morgan fingerprint density at radius 3 is 2.81 bits per heavy atom. The normalized spacial score (nSPS) is 14.0. The fourth-order valence-electron chi connectivity index (χ4n) is 1.88. The number of benzene rings is 1. The van der Waals surface area contributed by atoms with Gasteiger partial charge in [0.1, 0.15) is 11.6 Å². The van der Waals surface area contributed by atoms with Crippen LogP contribution in [0.1, 0.15) is 34.9 Å². The fraction of sp³-hybridized carbons (Fsp3) is 0.214. The maximum atomic E-state index is 11.6. The molecule has 1 aromatic carbocycles. The summed E-state index contributed by atoms with van der Waals surface area (Å²) >= 11 is 2.04. The van der Waals surface area contributed by atoms with Crippen LogP contribution in [0.4, 0.5) is 0 Å². The summed E-state index contributed by atoms with van der Waals surface area (Å²) in [4.78, 5) is 29.6. The number of nitrogens with zero attached hydrogens (tertiary/aromatic N) is 1. The zero-order valence-electron chi connectivity index (χ0n) is 10.8. The molecule has 1 aromatic heterocycles. The van der Waals surface area contributed by atoms with Crippen LogP contribution >= 0.6 is 22.6 Å². The first kappa shape index (κ1) is 14.1. The lowest BCUT2D eigenvalue weighted by Gasteiger charge is -2.08. The second-order valence-corrected chi connectivity index (χ2v) is 5.96. The van der Waals surface area contributed by atoms with Gasteiger partial charge in [-0.3, -0.25) is 4.79 Å². The average molecular weight is 398 g/mol. The van der Waals surface area contributed by atoms with E-state index in [0.29, 0.717) is 17.5 Å². The van der Waals surface area contributed by atoms with Crippen LogP contribution in [-0.4, -0.2) is 21.0 Å². The number of carboxylic acid groups (broad SMARTS) is 1. The van der Waals surface area contributed by atoms with Crippen LogP contribution in [-0.2, 0) is 0 Å². The van der Waals surface area contributed by atoms with Gasteiger partial charge in [0.05, 0.1) is 15.2 Å². The molecule has 2 N–H and O–H groups in total. The minimum Gasteiger partial charge on any atom is -0.478 e. The van der Waals surface area contributed by atoms with E-state index in [9.17, 15) is 9.59 Å². The molecule has 0 bridgehead atoms. The predicted molar refractivity (Wildman–Crippen MR) is 83.0 cm³/mol. The third-order valence-corrected chi connectivity index (χ3v) is 3.98. The number of aromatic amines is 1. The van der Waals surface area contributed by atoms with Crippen molar-refractivity contribution < 1.29 is 14.6 Å². The SMILES string of the molecule is O=C(O)c1ccc(I)c(Oc2cc(=O)[nH]c(C3CC3)n2)c1. The smallest absolute Gasteiger partial charge is 0.335 e. The number of aromatic carboxylic acids is 1. The fourth-order valence-corrected chi connectivity index (χ4v) is 2.33. The standard InChI is InChI=1S/C14H11IN2O4/c15-9-4-3-8(14(19)20)5-10(9)21-12-6-11(18)16-13(17-12)7-1-2-7/h3-7H,1-2H2,(H,19,20)(H,16,17,18). The van der Waals surface area contributed by atoms with Crippen molar-refractivity contribution in [3.63, 3.8) is 0 Å². The Kier molecular flexibility index (Phi) is 3.66. The van der Waals surface area contributed by atoms with Crippen molar-refractivity contribution in [3.05, 3.63) is 49.6 Å². The summed E-state index contributed by atoms with van der Waals surface area (Å²) in [5.74, 6) is 0.442. The van der Waals surface area contributed by atoms with Gasteiger partial charge in [-0.1, -0.05) is 0 Å². The molecule has 1 saturated carbocycles. The summed E-state index contributed by atoms with van der Waals surface area (Å²) in [6.07, 6.45) is 2.02. The van der Waals surface area contributed by atoms with Gasteiger partial charge in [0.2, 0.25) is 5.88 Å². The Morgan fingerprint density at radius 1 is 1.38 bits per heavy atom. The molecule has 0 saturated heterocycles. The van der Waals surface area contributed by atoms with Crippen molar-refractivity contribution in [1.82, 2.24) is 9.97 Å². The van der Waals surface area contributed by atoms with Crippen LogP contribution in [0, 0.1) is 3.57 Å². The Bertz CT molecular complexity index is 768. The van der Waals surface area contributed by atoms with Crippen LogP contribution in [0.2, 0.25) is 0 Å². The third-order valence-electron chi connectivity index (χ3n) is 3.09. The highest BCUT2D eigenvalue weighted by Crippen LogP contribution is 2.38. The van der Waals surface area contributed by atoms with Gasteiger partial charge < -0.3 is 14.8 Å². The Balaban J connectivity index is 1.94. The molecule has 21 heavy (non-hydrogen) atoms. The summed E-state index contributed by atoms with van der Waals surface area (Å²) in [6, 6.07) is 5.82. The van der Waals surface area contributed by atoms with E-state index >= 15 is 0 Å². The largest absolute Gasteiger partial charge is 0.478 e. The van der Waals surface area contributed by atoms with E-state index in [-0.39, 0.29) is 17.0 Å². The lowest BCUT2D eigenvalue weighted by Crippen LogP contribution is -2.10. The van der Waals surface area contributed by atoms with Crippen LogP contribution < -0.4 is 10.3 Å².